The molecule has 1 aromatic rings. The number of aryl methyl sites for hydroxylation is 1. The van der Waals surface area contributed by atoms with Crippen LogP contribution in [0.1, 0.15) is 5.69 Å². The van der Waals surface area contributed by atoms with Crippen LogP contribution in [0.25, 0.3) is 0 Å². The first-order valence-electron chi connectivity index (χ1n) is 3.43. The molecule has 1 heterocycles. The fourth-order valence-corrected chi connectivity index (χ4v) is 1.01. The van der Waals surface area contributed by atoms with Crippen molar-refractivity contribution in [2.24, 2.45) is 0 Å². The largest absolute Gasteiger partial charge is 0.365 e. The fourth-order valence-electron chi connectivity index (χ4n) is 0.708. The van der Waals surface area contributed by atoms with Crippen molar-refractivity contribution in [3.63, 3.8) is 0 Å². The van der Waals surface area contributed by atoms with Crippen LogP contribution >= 0.6 is 15.9 Å². The minimum atomic E-state index is 1.07. The molecule has 0 unspecified atom stereocenters. The van der Waals surface area contributed by atoms with Gasteiger partial charge in [0, 0.05) is 16.4 Å². The maximum Gasteiger partial charge on any atom is 0.0175 e. The van der Waals surface area contributed by atoms with Crippen molar-refractivity contribution in [3.8, 4) is 0 Å². The Labute approximate surface area is 74.9 Å². The highest BCUT2D eigenvalue weighted by atomic mass is 79.9. The smallest absolute Gasteiger partial charge is 0.0175 e. The van der Waals surface area contributed by atoms with Crippen LogP contribution in [-0.2, 0) is 0 Å². The third-order valence-corrected chi connectivity index (χ3v) is 1.79. The Balaban J connectivity index is 3.21. The maximum absolute atomic E-state index is 3.39. The van der Waals surface area contributed by atoms with Gasteiger partial charge in [-0.15, -0.1) is 0 Å². The predicted octanol–water partition coefficient (Wildman–Crippen LogP) is 3.21. The molecule has 0 aliphatic rings. The number of nitrogens with one attached hydrogen (secondary N) is 1. The van der Waals surface area contributed by atoms with Crippen LogP contribution in [0.3, 0.4) is 0 Å². The average molecular weight is 212 g/mol. The van der Waals surface area contributed by atoms with Crippen molar-refractivity contribution in [3.05, 3.63) is 46.7 Å². The number of hydrogen-bond acceptors (Lipinski definition) is 0. The van der Waals surface area contributed by atoms with E-state index in [1.165, 1.54) is 0 Å². The summed E-state index contributed by atoms with van der Waals surface area (Å²) in [5.74, 6) is 0. The summed E-state index contributed by atoms with van der Waals surface area (Å²) in [5, 5.41) is 0. The first kappa shape index (κ1) is 8.34. The summed E-state index contributed by atoms with van der Waals surface area (Å²) in [6.07, 6.45) is 1.90. The summed E-state index contributed by atoms with van der Waals surface area (Å²) < 4.78 is 1.07. The molecule has 1 N–H and O–H groups in total. The lowest BCUT2D eigenvalue weighted by molar-refractivity contribution is 1.22. The van der Waals surface area contributed by atoms with Gasteiger partial charge in [-0.05, 0) is 31.2 Å². The van der Waals surface area contributed by atoms with E-state index in [2.05, 4.69) is 20.9 Å². The molecule has 0 aliphatic carbocycles. The monoisotopic (exact) mass is 211 g/mol. The Bertz CT molecular complexity index is 250. The van der Waals surface area contributed by atoms with E-state index >= 15 is 0 Å². The molecular formula is C9H10BrN. The molecule has 0 radical (unpaired) electrons. The molecule has 11 heavy (non-hydrogen) atoms. The van der Waals surface area contributed by atoms with Crippen LogP contribution in [0.2, 0.25) is 0 Å². The van der Waals surface area contributed by atoms with Crippen molar-refractivity contribution < 1.29 is 0 Å². The second-order valence-corrected chi connectivity index (χ2v) is 3.18. The van der Waals surface area contributed by atoms with Gasteiger partial charge in [0.05, 0.1) is 0 Å². The van der Waals surface area contributed by atoms with E-state index in [9.17, 15) is 0 Å². The Morgan fingerprint density at radius 1 is 1.18 bits per heavy atom. The highest BCUT2D eigenvalue weighted by molar-refractivity contribution is 9.10. The van der Waals surface area contributed by atoms with Crippen molar-refractivity contribution in [1.82, 2.24) is 4.98 Å². The Hall–Kier alpha value is -0.760. The molecule has 1 nitrogen and oxygen atoms in total. The first-order chi connectivity index (χ1) is 5.29. The van der Waals surface area contributed by atoms with Gasteiger partial charge in [0.2, 0.25) is 0 Å². The third-order valence-electron chi connectivity index (χ3n) is 1.26. The molecule has 2 heteroatoms. The summed E-state index contributed by atoms with van der Waals surface area (Å²) in [4.78, 5) is 3.11. The van der Waals surface area contributed by atoms with E-state index in [1.807, 2.05) is 43.5 Å². The average Bonchev–Trinajstić information content (AvgIpc) is 2.04. The van der Waals surface area contributed by atoms with Crippen LogP contribution in [-0.4, -0.2) is 4.98 Å². The molecule has 1 rings (SSSR count). The molecule has 0 amide bonds. The first-order valence-corrected chi connectivity index (χ1v) is 4.22. The number of aromatic nitrogens is 1. The van der Waals surface area contributed by atoms with Crippen molar-refractivity contribution in [1.29, 1.82) is 0 Å². The highest BCUT2D eigenvalue weighted by Gasteiger charge is 1.76. The number of aromatic amines is 1. The highest BCUT2D eigenvalue weighted by Crippen LogP contribution is 2.03. The summed E-state index contributed by atoms with van der Waals surface area (Å²) in [7, 11) is 0. The van der Waals surface area contributed by atoms with E-state index < -0.39 is 0 Å². The van der Waals surface area contributed by atoms with E-state index in [0.29, 0.717) is 0 Å². The SMILES string of the molecule is Cc1cccc(Br)ccc[nH]1. The summed E-state index contributed by atoms with van der Waals surface area (Å²) in [6, 6.07) is 9.95. The van der Waals surface area contributed by atoms with Gasteiger partial charge < -0.3 is 4.98 Å². The molecule has 0 bridgehead atoms. The van der Waals surface area contributed by atoms with E-state index in [1.54, 1.807) is 0 Å². The fraction of sp³-hybridized carbons (Fsp3) is 0.111. The van der Waals surface area contributed by atoms with Crippen LogP contribution < -0.4 is 0 Å². The second-order valence-electron chi connectivity index (χ2n) is 2.26. The van der Waals surface area contributed by atoms with Crippen LogP contribution in [0.4, 0.5) is 0 Å². The summed E-state index contributed by atoms with van der Waals surface area (Å²) in [6.45, 7) is 2.02. The Kier molecular flexibility index (Phi) is 3.17. The van der Waals surface area contributed by atoms with Crippen LogP contribution in [0, 0.1) is 6.92 Å². The lowest BCUT2D eigenvalue weighted by atomic mass is 10.4. The summed E-state index contributed by atoms with van der Waals surface area (Å²) >= 11 is 3.39. The number of halogens is 1. The van der Waals surface area contributed by atoms with Gasteiger partial charge >= 0.3 is 0 Å². The normalized spacial score (nSPS) is 8.91. The molecule has 0 saturated carbocycles. The zero-order valence-electron chi connectivity index (χ0n) is 6.34. The van der Waals surface area contributed by atoms with Crippen LogP contribution in [0.15, 0.2) is 41.0 Å². The van der Waals surface area contributed by atoms with Crippen molar-refractivity contribution in [2.45, 2.75) is 6.92 Å². The molecule has 0 saturated heterocycles. The molecule has 58 valence electrons. The third kappa shape index (κ3) is 3.23. The van der Waals surface area contributed by atoms with E-state index in [4.69, 9.17) is 0 Å². The minimum absolute atomic E-state index is 1.07. The predicted molar refractivity (Wildman–Crippen MR) is 50.9 cm³/mol. The number of H-pyrrole nitrogens is 1. The van der Waals surface area contributed by atoms with Crippen molar-refractivity contribution in [2.75, 3.05) is 0 Å². The number of rotatable bonds is 0. The topological polar surface area (TPSA) is 15.8 Å². The zero-order chi connectivity index (χ0) is 8.10. The molecule has 0 atom stereocenters. The Morgan fingerprint density at radius 2 is 1.91 bits per heavy atom. The summed E-state index contributed by atoms with van der Waals surface area (Å²) in [5.41, 5.74) is 1.13. The molecule has 0 spiro atoms. The maximum atomic E-state index is 3.39. The quantitative estimate of drug-likeness (QED) is 0.679. The molecule has 0 fully saturated rings. The van der Waals surface area contributed by atoms with Gasteiger partial charge in [-0.2, -0.15) is 0 Å². The van der Waals surface area contributed by atoms with Gasteiger partial charge in [-0.3, -0.25) is 0 Å². The lowest BCUT2D eigenvalue weighted by Crippen LogP contribution is -1.68. The standard InChI is InChI=1S/C9H10BrN/c1-8-4-2-5-9(10)6-3-7-11-8/h2-7,11H,1H3. The van der Waals surface area contributed by atoms with Gasteiger partial charge in [0.1, 0.15) is 0 Å². The molecule has 0 aromatic carbocycles. The lowest BCUT2D eigenvalue weighted by Gasteiger charge is -1.80. The van der Waals surface area contributed by atoms with Gasteiger partial charge in [0.15, 0.2) is 0 Å². The van der Waals surface area contributed by atoms with E-state index in [0.717, 1.165) is 10.2 Å². The van der Waals surface area contributed by atoms with E-state index in [-0.39, 0.29) is 0 Å². The molecule has 1 aromatic heterocycles. The zero-order valence-corrected chi connectivity index (χ0v) is 7.93. The van der Waals surface area contributed by atoms with Gasteiger partial charge in [-0.1, -0.05) is 22.0 Å². The molecule has 0 aliphatic heterocycles. The minimum Gasteiger partial charge on any atom is -0.365 e. The van der Waals surface area contributed by atoms with Gasteiger partial charge in [-0.25, -0.2) is 0 Å². The Morgan fingerprint density at radius 3 is 2.73 bits per heavy atom. The van der Waals surface area contributed by atoms with Gasteiger partial charge in [0.25, 0.3) is 0 Å². The van der Waals surface area contributed by atoms with Crippen molar-refractivity contribution >= 4 is 15.9 Å². The van der Waals surface area contributed by atoms with Crippen LogP contribution in [0.5, 0.6) is 0 Å². The second kappa shape index (κ2) is 4.19. The number of hydrogen-bond donors (Lipinski definition) is 1. The molecular weight excluding hydrogens is 202 g/mol.